The number of nitrogens with one attached hydrogen (secondary N) is 1. The Balaban J connectivity index is 2.79. The average molecular weight is 239 g/mol. The first-order valence-electron chi connectivity index (χ1n) is 3.99. The van der Waals surface area contributed by atoms with Crippen LogP contribution in [0.25, 0.3) is 0 Å². The van der Waals surface area contributed by atoms with Gasteiger partial charge in [0, 0.05) is 0 Å². The number of carbonyl (C=O) groups excluding carboxylic acids is 1. The molecule has 0 fully saturated rings. The van der Waals surface area contributed by atoms with Crippen LogP contribution >= 0.6 is 0 Å². The molecule has 0 spiro atoms. The molecule has 0 bridgehead atoms. The second-order valence-electron chi connectivity index (χ2n) is 2.50. The zero-order chi connectivity index (χ0) is 9.68. The SMILES string of the molecule is CCNC(=O)c1ccc([As]=O)cc1. The molecule has 68 valence electrons. The van der Waals surface area contributed by atoms with Gasteiger partial charge in [-0.1, -0.05) is 0 Å². The van der Waals surface area contributed by atoms with Gasteiger partial charge in [0.1, 0.15) is 0 Å². The molecule has 0 aliphatic carbocycles. The minimum absolute atomic E-state index is 0.0869. The monoisotopic (exact) mass is 239 g/mol. The van der Waals surface area contributed by atoms with E-state index in [9.17, 15) is 8.53 Å². The second-order valence-corrected chi connectivity index (χ2v) is 3.96. The van der Waals surface area contributed by atoms with Gasteiger partial charge in [0.25, 0.3) is 0 Å². The summed E-state index contributed by atoms with van der Waals surface area (Å²) in [6.45, 7) is 2.49. The molecule has 4 heteroatoms. The number of hydrogen-bond acceptors (Lipinski definition) is 2. The van der Waals surface area contributed by atoms with Crippen molar-refractivity contribution in [2.45, 2.75) is 6.92 Å². The fourth-order valence-electron chi connectivity index (χ4n) is 0.936. The first-order chi connectivity index (χ1) is 6.27. The van der Waals surface area contributed by atoms with E-state index < -0.39 is 15.7 Å². The Morgan fingerprint density at radius 3 is 2.46 bits per heavy atom. The third kappa shape index (κ3) is 2.78. The van der Waals surface area contributed by atoms with Crippen LogP contribution in [0.3, 0.4) is 0 Å². The van der Waals surface area contributed by atoms with E-state index >= 15 is 0 Å². The van der Waals surface area contributed by atoms with Gasteiger partial charge in [-0.25, -0.2) is 0 Å². The zero-order valence-electron chi connectivity index (χ0n) is 7.28. The van der Waals surface area contributed by atoms with Crippen LogP contribution in [0, 0.1) is 0 Å². The van der Waals surface area contributed by atoms with E-state index in [0.29, 0.717) is 12.1 Å². The molecule has 0 unspecified atom stereocenters. The predicted molar refractivity (Wildman–Crippen MR) is 50.5 cm³/mol. The van der Waals surface area contributed by atoms with Crippen molar-refractivity contribution in [1.82, 2.24) is 5.32 Å². The molecule has 1 amide bonds. The van der Waals surface area contributed by atoms with E-state index in [2.05, 4.69) is 5.32 Å². The Morgan fingerprint density at radius 2 is 2.00 bits per heavy atom. The van der Waals surface area contributed by atoms with E-state index in [-0.39, 0.29) is 5.91 Å². The first kappa shape index (κ1) is 10.1. The molecule has 0 heterocycles. The Bertz CT molecular complexity index is 308. The third-order valence-electron chi connectivity index (χ3n) is 1.57. The third-order valence-corrected chi connectivity index (χ3v) is 2.64. The van der Waals surface area contributed by atoms with Crippen molar-refractivity contribution in [1.29, 1.82) is 0 Å². The standard InChI is InChI=1S/C9H10AsNO2/c1-2-11-9(12)7-3-5-8(10-13)6-4-7/h3-6H,2H2,1H3,(H,11,12). The molecule has 0 aromatic heterocycles. The van der Waals surface area contributed by atoms with Crippen LogP contribution in [0.5, 0.6) is 0 Å². The Morgan fingerprint density at radius 1 is 1.38 bits per heavy atom. The zero-order valence-corrected chi connectivity index (χ0v) is 9.16. The normalized spacial score (nSPS) is 9.92. The van der Waals surface area contributed by atoms with Gasteiger partial charge in [-0.3, -0.25) is 0 Å². The van der Waals surface area contributed by atoms with Gasteiger partial charge >= 0.3 is 83.1 Å². The Kier molecular flexibility index (Phi) is 3.84. The molecule has 1 N–H and O–H groups in total. The summed E-state index contributed by atoms with van der Waals surface area (Å²) in [5.74, 6) is -0.0869. The number of benzene rings is 1. The summed E-state index contributed by atoms with van der Waals surface area (Å²) in [5.41, 5.74) is 0.611. The number of hydrogen-bond donors (Lipinski definition) is 1. The van der Waals surface area contributed by atoms with Crippen molar-refractivity contribution in [3.05, 3.63) is 29.8 Å². The molecule has 1 aromatic carbocycles. The van der Waals surface area contributed by atoms with E-state index in [4.69, 9.17) is 0 Å². The van der Waals surface area contributed by atoms with E-state index in [1.165, 1.54) is 0 Å². The van der Waals surface area contributed by atoms with Gasteiger partial charge in [-0.15, -0.1) is 0 Å². The molecule has 0 atom stereocenters. The number of amides is 1. The maximum absolute atomic E-state index is 11.3. The molecule has 0 saturated heterocycles. The summed E-state index contributed by atoms with van der Waals surface area (Å²) in [7, 11) is 0. The summed E-state index contributed by atoms with van der Waals surface area (Å²) >= 11 is -0.984. The van der Waals surface area contributed by atoms with Crippen LogP contribution in [-0.4, -0.2) is 28.1 Å². The molecule has 0 saturated carbocycles. The first-order valence-corrected chi connectivity index (χ1v) is 5.70. The van der Waals surface area contributed by atoms with E-state index in [0.717, 1.165) is 4.35 Å². The summed E-state index contributed by atoms with van der Waals surface area (Å²) in [6.07, 6.45) is 0. The molecule has 3 nitrogen and oxygen atoms in total. The number of carbonyl (C=O) groups is 1. The fourth-order valence-corrected chi connectivity index (χ4v) is 1.50. The molecule has 0 aliphatic heterocycles. The van der Waals surface area contributed by atoms with Crippen LogP contribution in [0.2, 0.25) is 0 Å². The summed E-state index contributed by atoms with van der Waals surface area (Å²) in [5, 5.41) is 2.69. The number of rotatable bonds is 3. The second kappa shape index (κ2) is 4.93. The molecule has 1 aromatic rings. The molecule has 1 rings (SSSR count). The van der Waals surface area contributed by atoms with Crippen LogP contribution in [0.1, 0.15) is 17.3 Å². The molecule has 0 aliphatic rings. The van der Waals surface area contributed by atoms with Gasteiger partial charge in [0.05, 0.1) is 0 Å². The predicted octanol–water partition coefficient (Wildman–Crippen LogP) is 0.111. The average Bonchev–Trinajstić information content (AvgIpc) is 2.18. The maximum atomic E-state index is 11.3. The van der Waals surface area contributed by atoms with Crippen LogP contribution in [0.15, 0.2) is 24.3 Å². The van der Waals surface area contributed by atoms with Gasteiger partial charge in [-0.05, 0) is 0 Å². The van der Waals surface area contributed by atoms with Gasteiger partial charge < -0.3 is 0 Å². The quantitative estimate of drug-likeness (QED) is 0.761. The summed E-state index contributed by atoms with van der Waals surface area (Å²) in [4.78, 5) is 11.3. The summed E-state index contributed by atoms with van der Waals surface area (Å²) < 4.78 is 11.3. The van der Waals surface area contributed by atoms with Crippen LogP contribution in [-0.2, 0) is 3.74 Å². The van der Waals surface area contributed by atoms with Crippen molar-refractivity contribution in [3.8, 4) is 0 Å². The van der Waals surface area contributed by atoms with E-state index in [1.54, 1.807) is 24.3 Å². The topological polar surface area (TPSA) is 46.2 Å². The minimum atomic E-state index is -0.984. The van der Waals surface area contributed by atoms with Gasteiger partial charge in [-0.2, -0.15) is 0 Å². The van der Waals surface area contributed by atoms with Gasteiger partial charge in [0.2, 0.25) is 0 Å². The van der Waals surface area contributed by atoms with Crippen molar-refractivity contribution in [2.24, 2.45) is 0 Å². The van der Waals surface area contributed by atoms with Crippen molar-refractivity contribution in [2.75, 3.05) is 6.54 Å². The molecular weight excluding hydrogens is 229 g/mol. The van der Waals surface area contributed by atoms with Crippen LogP contribution < -0.4 is 9.67 Å². The van der Waals surface area contributed by atoms with Crippen molar-refractivity contribution >= 4 is 25.9 Å². The Hall–Kier alpha value is -0.952. The van der Waals surface area contributed by atoms with Crippen molar-refractivity contribution < 1.29 is 8.53 Å². The molecular formula is C9H10AsNO2. The van der Waals surface area contributed by atoms with E-state index in [1.807, 2.05) is 6.92 Å². The van der Waals surface area contributed by atoms with Crippen LogP contribution in [0.4, 0.5) is 0 Å². The van der Waals surface area contributed by atoms with Gasteiger partial charge in [0.15, 0.2) is 0 Å². The fraction of sp³-hybridized carbons (Fsp3) is 0.222. The summed E-state index contributed by atoms with van der Waals surface area (Å²) in [6, 6.07) is 6.82. The Labute approximate surface area is 83.4 Å². The molecule has 13 heavy (non-hydrogen) atoms. The molecule has 0 radical (unpaired) electrons. The van der Waals surface area contributed by atoms with Crippen molar-refractivity contribution in [3.63, 3.8) is 0 Å².